The Bertz CT molecular complexity index is 442. The summed E-state index contributed by atoms with van der Waals surface area (Å²) in [4.78, 5) is 1.33. The second-order valence-corrected chi connectivity index (χ2v) is 6.29. The van der Waals surface area contributed by atoms with Crippen LogP contribution in [0.2, 0.25) is 0 Å². The average molecular weight is 314 g/mol. The van der Waals surface area contributed by atoms with E-state index < -0.39 is 12.2 Å². The van der Waals surface area contributed by atoms with E-state index in [1.165, 1.54) is 10.5 Å². The van der Waals surface area contributed by atoms with E-state index >= 15 is 0 Å². The van der Waals surface area contributed by atoms with E-state index in [4.69, 9.17) is 0 Å². The number of quaternary nitrogens is 1. The molecule has 1 unspecified atom stereocenters. The lowest BCUT2D eigenvalue weighted by molar-refractivity contribution is -0.941. The van der Waals surface area contributed by atoms with Gasteiger partial charge in [-0.05, 0) is 11.8 Å². The van der Waals surface area contributed by atoms with Gasteiger partial charge in [0, 0.05) is 25.0 Å². The van der Waals surface area contributed by atoms with Crippen molar-refractivity contribution in [1.82, 2.24) is 0 Å². The summed E-state index contributed by atoms with van der Waals surface area (Å²) in [7, 11) is 0. The van der Waals surface area contributed by atoms with E-state index in [1.54, 1.807) is 0 Å². The summed E-state index contributed by atoms with van der Waals surface area (Å²) in [6.07, 6.45) is 0.340. The molecule has 0 radical (unpaired) electrons. The normalized spacial score (nSPS) is 38.6. The maximum atomic E-state index is 10.4. The SMILES string of the molecule is OC[C@H]1C[C@@H]2[C@@H](O)[C@@H](O)[C@H]1CC[NH+]2Cc1ccccc1.[Cl-]. The maximum Gasteiger partial charge on any atom is 0.132 e. The molecule has 21 heavy (non-hydrogen) atoms. The fourth-order valence-electron chi connectivity index (χ4n) is 4.05. The van der Waals surface area contributed by atoms with E-state index in [2.05, 4.69) is 12.1 Å². The third-order valence-electron chi connectivity index (χ3n) is 5.19. The Morgan fingerprint density at radius 2 is 1.81 bits per heavy atom. The van der Waals surface area contributed by atoms with Crippen molar-refractivity contribution in [2.24, 2.45) is 11.8 Å². The monoisotopic (exact) mass is 313 g/mol. The van der Waals surface area contributed by atoms with Crippen LogP contribution in [-0.4, -0.2) is 46.7 Å². The summed E-state index contributed by atoms with van der Waals surface area (Å²) < 4.78 is 0. The van der Waals surface area contributed by atoms with Crippen LogP contribution in [0.5, 0.6) is 0 Å². The van der Waals surface area contributed by atoms with Gasteiger partial charge in [-0.1, -0.05) is 30.3 Å². The van der Waals surface area contributed by atoms with E-state index in [0.717, 1.165) is 25.9 Å². The first-order valence-corrected chi connectivity index (χ1v) is 7.56. The van der Waals surface area contributed by atoms with E-state index in [9.17, 15) is 15.3 Å². The molecule has 0 spiro atoms. The van der Waals surface area contributed by atoms with Gasteiger partial charge >= 0.3 is 0 Å². The van der Waals surface area contributed by atoms with Crippen molar-refractivity contribution in [2.45, 2.75) is 37.6 Å². The van der Waals surface area contributed by atoms with Crippen LogP contribution in [0.25, 0.3) is 0 Å². The zero-order valence-electron chi connectivity index (χ0n) is 12.0. The number of aliphatic hydroxyl groups is 3. The Labute approximate surface area is 131 Å². The molecule has 2 aliphatic heterocycles. The van der Waals surface area contributed by atoms with Gasteiger partial charge in [-0.3, -0.25) is 0 Å². The van der Waals surface area contributed by atoms with Crippen LogP contribution < -0.4 is 17.3 Å². The van der Waals surface area contributed by atoms with Gasteiger partial charge in [0.2, 0.25) is 0 Å². The molecule has 2 saturated heterocycles. The molecule has 2 bridgehead atoms. The van der Waals surface area contributed by atoms with Crippen LogP contribution in [-0.2, 0) is 6.54 Å². The Hall–Kier alpha value is -0.650. The van der Waals surface area contributed by atoms with Gasteiger partial charge in [-0.25, -0.2) is 0 Å². The predicted octanol–water partition coefficient (Wildman–Crippen LogP) is -3.80. The molecule has 0 amide bonds. The molecule has 1 aliphatic carbocycles. The Kier molecular flexibility index (Phi) is 5.63. The second-order valence-electron chi connectivity index (χ2n) is 6.29. The fourth-order valence-corrected chi connectivity index (χ4v) is 4.05. The highest BCUT2D eigenvalue weighted by Crippen LogP contribution is 2.34. The molecule has 0 aromatic heterocycles. The minimum Gasteiger partial charge on any atom is -1.00 e. The van der Waals surface area contributed by atoms with Crippen molar-refractivity contribution in [1.29, 1.82) is 0 Å². The van der Waals surface area contributed by atoms with Gasteiger partial charge in [0.15, 0.2) is 0 Å². The summed E-state index contributed by atoms with van der Waals surface area (Å²) in [5, 5.41) is 30.1. The first-order valence-electron chi connectivity index (χ1n) is 7.56. The third kappa shape index (κ3) is 3.25. The maximum absolute atomic E-state index is 10.4. The number of rotatable bonds is 3. The summed E-state index contributed by atoms with van der Waals surface area (Å²) in [5.74, 6) is 0.172. The Balaban J connectivity index is 0.00000161. The summed E-state index contributed by atoms with van der Waals surface area (Å²) in [6.45, 7) is 1.94. The Morgan fingerprint density at radius 1 is 1.10 bits per heavy atom. The molecular weight excluding hydrogens is 290 g/mol. The average Bonchev–Trinajstić information content (AvgIpc) is 2.71. The number of fused-ring (bicyclic) bond motifs is 4. The van der Waals surface area contributed by atoms with E-state index in [1.807, 2.05) is 18.2 Å². The predicted molar refractivity (Wildman–Crippen MR) is 75.1 cm³/mol. The molecule has 5 heteroatoms. The number of hydrogen-bond donors (Lipinski definition) is 4. The number of aliphatic hydroxyl groups excluding tert-OH is 3. The highest BCUT2D eigenvalue weighted by molar-refractivity contribution is 5.13. The molecule has 2 heterocycles. The van der Waals surface area contributed by atoms with Crippen molar-refractivity contribution in [3.05, 3.63) is 35.9 Å². The molecule has 118 valence electrons. The lowest BCUT2D eigenvalue weighted by Crippen LogP contribution is -3.15. The molecule has 4 nitrogen and oxygen atoms in total. The van der Waals surface area contributed by atoms with Crippen LogP contribution in [0, 0.1) is 11.8 Å². The quantitative estimate of drug-likeness (QED) is 0.463. The molecule has 3 fully saturated rings. The minimum absolute atomic E-state index is 0. The lowest BCUT2D eigenvalue weighted by Gasteiger charge is -2.39. The van der Waals surface area contributed by atoms with Crippen LogP contribution in [0.15, 0.2) is 30.3 Å². The van der Waals surface area contributed by atoms with Crippen LogP contribution in [0.4, 0.5) is 0 Å². The first-order chi connectivity index (χ1) is 9.70. The van der Waals surface area contributed by atoms with E-state index in [0.29, 0.717) is 0 Å². The van der Waals surface area contributed by atoms with Gasteiger partial charge in [0.25, 0.3) is 0 Å². The van der Waals surface area contributed by atoms with Gasteiger partial charge in [-0.15, -0.1) is 0 Å². The largest absolute Gasteiger partial charge is 1.00 e. The van der Waals surface area contributed by atoms with Crippen molar-refractivity contribution < 1.29 is 32.6 Å². The van der Waals surface area contributed by atoms with E-state index in [-0.39, 0.29) is 36.9 Å². The molecule has 4 rings (SSSR count). The number of halogens is 1. The van der Waals surface area contributed by atoms with Crippen LogP contribution >= 0.6 is 0 Å². The van der Waals surface area contributed by atoms with Crippen molar-refractivity contribution in [3.8, 4) is 0 Å². The summed E-state index contributed by atoms with van der Waals surface area (Å²) >= 11 is 0. The Morgan fingerprint density at radius 3 is 2.48 bits per heavy atom. The lowest BCUT2D eigenvalue weighted by atomic mass is 9.74. The van der Waals surface area contributed by atoms with Crippen molar-refractivity contribution >= 4 is 0 Å². The molecule has 4 N–H and O–H groups in total. The minimum atomic E-state index is -0.681. The zero-order chi connectivity index (χ0) is 14.1. The topological polar surface area (TPSA) is 65.1 Å². The zero-order valence-corrected chi connectivity index (χ0v) is 12.8. The first kappa shape index (κ1) is 16.7. The molecule has 1 saturated carbocycles. The summed E-state index contributed by atoms with van der Waals surface area (Å²) in [6, 6.07) is 10.3. The van der Waals surface area contributed by atoms with Gasteiger partial charge in [0.1, 0.15) is 18.7 Å². The fraction of sp³-hybridized carbons (Fsp3) is 0.625. The molecule has 3 aliphatic rings. The number of nitrogens with one attached hydrogen (secondary N) is 1. The third-order valence-corrected chi connectivity index (χ3v) is 5.19. The smallest absolute Gasteiger partial charge is 0.132 e. The highest BCUT2D eigenvalue weighted by atomic mass is 35.5. The van der Waals surface area contributed by atoms with Crippen molar-refractivity contribution in [3.63, 3.8) is 0 Å². The molecule has 1 aromatic carbocycles. The molecule has 6 atom stereocenters. The number of benzene rings is 1. The van der Waals surface area contributed by atoms with Crippen LogP contribution in [0.1, 0.15) is 18.4 Å². The van der Waals surface area contributed by atoms with Gasteiger partial charge in [0.05, 0.1) is 12.6 Å². The van der Waals surface area contributed by atoms with Crippen LogP contribution in [0.3, 0.4) is 0 Å². The van der Waals surface area contributed by atoms with Crippen molar-refractivity contribution in [2.75, 3.05) is 13.2 Å². The molecule has 1 aromatic rings. The van der Waals surface area contributed by atoms with Gasteiger partial charge in [-0.2, -0.15) is 0 Å². The second kappa shape index (κ2) is 7.07. The number of hydrogen-bond acceptors (Lipinski definition) is 3. The highest BCUT2D eigenvalue weighted by Gasteiger charge is 2.50. The standard InChI is InChI=1S/C16H23NO3.ClH/c18-10-12-8-14-16(20)15(19)13(12)6-7-17(14)9-11-4-2-1-3-5-11;/h1-5,12-16,18-20H,6-10H2;1H/t12-,13+,14-,15+,16-;/m1./s1. The van der Waals surface area contributed by atoms with Gasteiger partial charge < -0.3 is 32.6 Å². The molecular formula is C16H24ClNO3. The summed E-state index contributed by atoms with van der Waals surface area (Å²) in [5.41, 5.74) is 1.26.